The molecule has 0 N–H and O–H groups in total. The van der Waals surface area contributed by atoms with Gasteiger partial charge in [0, 0.05) is 12.0 Å². The fraction of sp³-hybridized carbons (Fsp3) is 0.467. The van der Waals surface area contributed by atoms with Crippen LogP contribution in [0.3, 0.4) is 0 Å². The van der Waals surface area contributed by atoms with E-state index in [1.165, 1.54) is 19.3 Å². The Morgan fingerprint density at radius 3 is 2.62 bits per heavy atom. The Kier molecular flexibility index (Phi) is 5.84. The minimum Gasteiger partial charge on any atom is -0.294 e. The summed E-state index contributed by atoms with van der Waals surface area (Å²) < 4.78 is 0. The predicted octanol–water partition coefficient (Wildman–Crippen LogP) is 4.41. The van der Waals surface area contributed by atoms with E-state index in [2.05, 4.69) is 6.92 Å². The highest BCUT2D eigenvalue weighted by Gasteiger charge is 2.08. The van der Waals surface area contributed by atoms with Crippen LogP contribution in [0.5, 0.6) is 0 Å². The van der Waals surface area contributed by atoms with E-state index in [0.29, 0.717) is 6.42 Å². The Morgan fingerprint density at radius 2 is 1.94 bits per heavy atom. The molecule has 0 unspecified atom stereocenters. The summed E-state index contributed by atoms with van der Waals surface area (Å²) in [5, 5.41) is 0. The van der Waals surface area contributed by atoms with Gasteiger partial charge in [-0.15, -0.1) is 0 Å². The molecule has 0 heterocycles. The van der Waals surface area contributed by atoms with E-state index in [0.717, 1.165) is 17.5 Å². The molecular formula is C15H21O. The van der Waals surface area contributed by atoms with Crippen molar-refractivity contribution in [3.8, 4) is 0 Å². The molecule has 1 heteroatoms. The van der Waals surface area contributed by atoms with Crippen LogP contribution in [0.1, 0.15) is 61.9 Å². The number of benzene rings is 1. The van der Waals surface area contributed by atoms with Crippen LogP contribution in [0, 0.1) is 6.42 Å². The lowest BCUT2D eigenvalue weighted by atomic mass is 9.98. The molecule has 87 valence electrons. The lowest BCUT2D eigenvalue weighted by Crippen LogP contribution is -2.02. The van der Waals surface area contributed by atoms with Crippen LogP contribution in [-0.4, -0.2) is 5.78 Å². The Labute approximate surface area is 98.9 Å². The summed E-state index contributed by atoms with van der Waals surface area (Å²) in [6, 6.07) is 7.84. The lowest BCUT2D eigenvalue weighted by Gasteiger charge is -2.06. The number of unbranched alkanes of at least 4 members (excludes halogenated alkanes) is 3. The minimum atomic E-state index is 0.282. The number of hydrogen-bond acceptors (Lipinski definition) is 1. The molecule has 16 heavy (non-hydrogen) atoms. The zero-order valence-electron chi connectivity index (χ0n) is 10.3. The highest BCUT2D eigenvalue weighted by Crippen LogP contribution is 2.15. The van der Waals surface area contributed by atoms with Gasteiger partial charge in [-0.3, -0.25) is 4.79 Å². The van der Waals surface area contributed by atoms with E-state index in [-0.39, 0.29) is 5.78 Å². The first kappa shape index (κ1) is 13.0. The van der Waals surface area contributed by atoms with Crippen molar-refractivity contribution in [2.45, 2.75) is 46.0 Å². The Morgan fingerprint density at radius 1 is 1.19 bits per heavy atom. The average Bonchev–Trinajstić information content (AvgIpc) is 2.34. The predicted molar refractivity (Wildman–Crippen MR) is 68.6 cm³/mol. The first-order chi connectivity index (χ1) is 7.79. The highest BCUT2D eigenvalue weighted by molar-refractivity contribution is 5.97. The first-order valence-corrected chi connectivity index (χ1v) is 6.21. The highest BCUT2D eigenvalue weighted by atomic mass is 16.1. The molecule has 0 amide bonds. The summed E-state index contributed by atoms with van der Waals surface area (Å²) in [6.45, 7) is 4.16. The van der Waals surface area contributed by atoms with Crippen molar-refractivity contribution in [2.75, 3.05) is 0 Å². The van der Waals surface area contributed by atoms with Crippen molar-refractivity contribution in [2.24, 2.45) is 0 Å². The molecule has 0 bridgehead atoms. The summed E-state index contributed by atoms with van der Waals surface area (Å²) in [5.41, 5.74) is 1.93. The van der Waals surface area contributed by atoms with Gasteiger partial charge in [0.15, 0.2) is 5.78 Å². The molecule has 0 aromatic heterocycles. The van der Waals surface area contributed by atoms with Crippen LogP contribution in [0.15, 0.2) is 24.3 Å². The summed E-state index contributed by atoms with van der Waals surface area (Å²) in [4.78, 5) is 12.0. The fourth-order valence-electron chi connectivity index (χ4n) is 1.85. The van der Waals surface area contributed by atoms with Gasteiger partial charge in [0.25, 0.3) is 0 Å². The van der Waals surface area contributed by atoms with Crippen LogP contribution < -0.4 is 0 Å². The molecule has 1 rings (SSSR count). The molecule has 0 aliphatic carbocycles. The van der Waals surface area contributed by atoms with Crippen LogP contribution in [0.25, 0.3) is 0 Å². The molecule has 0 fully saturated rings. The first-order valence-electron chi connectivity index (χ1n) is 6.21. The van der Waals surface area contributed by atoms with Crippen molar-refractivity contribution < 1.29 is 4.79 Å². The molecule has 0 saturated heterocycles. The zero-order valence-corrected chi connectivity index (χ0v) is 10.3. The number of hydrogen-bond donors (Lipinski definition) is 0. The zero-order chi connectivity index (χ0) is 11.8. The Balaban J connectivity index is 2.52. The second kappa shape index (κ2) is 7.21. The second-order valence-electron chi connectivity index (χ2n) is 4.11. The van der Waals surface area contributed by atoms with Gasteiger partial charge in [0.05, 0.1) is 0 Å². The summed E-state index contributed by atoms with van der Waals surface area (Å²) >= 11 is 0. The SMILES string of the molecule is C[CH]c1ccccc1C(=O)CCCCCC. The van der Waals surface area contributed by atoms with E-state index < -0.39 is 0 Å². The van der Waals surface area contributed by atoms with Gasteiger partial charge in [-0.2, -0.15) is 0 Å². The molecule has 1 radical (unpaired) electrons. The van der Waals surface area contributed by atoms with E-state index in [1.807, 2.05) is 37.6 Å². The monoisotopic (exact) mass is 217 g/mol. The largest absolute Gasteiger partial charge is 0.294 e. The van der Waals surface area contributed by atoms with Crippen molar-refractivity contribution in [3.05, 3.63) is 41.8 Å². The summed E-state index contributed by atoms with van der Waals surface area (Å²) in [7, 11) is 0. The lowest BCUT2D eigenvalue weighted by molar-refractivity contribution is 0.0978. The molecule has 1 aromatic rings. The van der Waals surface area contributed by atoms with Gasteiger partial charge in [0.1, 0.15) is 0 Å². The molecule has 0 aliphatic heterocycles. The summed E-state index contributed by atoms with van der Waals surface area (Å²) in [6.07, 6.45) is 7.32. The van der Waals surface area contributed by atoms with Crippen molar-refractivity contribution >= 4 is 5.78 Å². The third-order valence-corrected chi connectivity index (χ3v) is 2.83. The molecule has 1 aromatic carbocycles. The van der Waals surface area contributed by atoms with Gasteiger partial charge in [-0.1, -0.05) is 57.4 Å². The molecule has 0 spiro atoms. The van der Waals surface area contributed by atoms with Gasteiger partial charge in [-0.25, -0.2) is 0 Å². The van der Waals surface area contributed by atoms with Crippen molar-refractivity contribution in [1.29, 1.82) is 0 Å². The van der Waals surface area contributed by atoms with E-state index in [1.54, 1.807) is 0 Å². The third kappa shape index (κ3) is 3.80. The molecule has 1 nitrogen and oxygen atoms in total. The quantitative estimate of drug-likeness (QED) is 0.488. The van der Waals surface area contributed by atoms with E-state index >= 15 is 0 Å². The van der Waals surface area contributed by atoms with Gasteiger partial charge >= 0.3 is 0 Å². The number of ketones is 1. The van der Waals surface area contributed by atoms with Gasteiger partial charge in [-0.05, 0) is 18.4 Å². The number of rotatable bonds is 7. The third-order valence-electron chi connectivity index (χ3n) is 2.83. The van der Waals surface area contributed by atoms with Crippen LogP contribution >= 0.6 is 0 Å². The minimum absolute atomic E-state index is 0.282. The van der Waals surface area contributed by atoms with Crippen LogP contribution in [-0.2, 0) is 0 Å². The molecule has 0 atom stereocenters. The normalized spacial score (nSPS) is 10.4. The topological polar surface area (TPSA) is 17.1 Å². The fourth-order valence-corrected chi connectivity index (χ4v) is 1.85. The molecular weight excluding hydrogens is 196 g/mol. The number of Topliss-reactive ketones (excluding diaryl/α,β-unsaturated/α-hetero) is 1. The van der Waals surface area contributed by atoms with Crippen LogP contribution in [0.4, 0.5) is 0 Å². The van der Waals surface area contributed by atoms with E-state index in [4.69, 9.17) is 0 Å². The maximum absolute atomic E-state index is 12.0. The molecule has 0 aliphatic rings. The van der Waals surface area contributed by atoms with Crippen LogP contribution in [0.2, 0.25) is 0 Å². The Bertz CT molecular complexity index is 328. The number of carbonyl (C=O) groups excluding carboxylic acids is 1. The standard InChI is InChI=1S/C15H21O/c1-3-5-6-7-12-15(16)14-11-9-8-10-13(14)4-2/h4,8-11H,3,5-7,12H2,1-2H3. The van der Waals surface area contributed by atoms with Gasteiger partial charge in [0.2, 0.25) is 0 Å². The average molecular weight is 217 g/mol. The number of carbonyl (C=O) groups is 1. The Hall–Kier alpha value is -1.11. The smallest absolute Gasteiger partial charge is 0.163 e. The summed E-state index contributed by atoms with van der Waals surface area (Å²) in [5.74, 6) is 0.282. The maximum atomic E-state index is 12.0. The molecule has 0 saturated carbocycles. The van der Waals surface area contributed by atoms with Gasteiger partial charge < -0.3 is 0 Å². The van der Waals surface area contributed by atoms with E-state index in [9.17, 15) is 4.79 Å². The maximum Gasteiger partial charge on any atom is 0.163 e. The van der Waals surface area contributed by atoms with Crippen molar-refractivity contribution in [3.63, 3.8) is 0 Å². The second-order valence-corrected chi connectivity index (χ2v) is 4.11. The van der Waals surface area contributed by atoms with Crippen molar-refractivity contribution in [1.82, 2.24) is 0 Å².